The van der Waals surface area contributed by atoms with Crippen molar-refractivity contribution in [3.05, 3.63) is 41.5 Å². The highest BCUT2D eigenvalue weighted by Gasteiger charge is 2.42. The molecule has 0 saturated carbocycles. The number of carbonyl (C=O) groups is 2. The molecule has 130 valence electrons. The standard InChI is InChI=1S/C17H19F3N2O2/c1-13-4-2-5-14(12-13)6-7-15(23)21-8-3-9-22(11-10-21)16(24)17(18,19)20/h2,4-7,12H,3,8-11H2,1H3/b7-6+. The highest BCUT2D eigenvalue weighted by molar-refractivity contribution is 5.92. The molecule has 1 aromatic carbocycles. The van der Waals surface area contributed by atoms with Crippen molar-refractivity contribution in [3.8, 4) is 0 Å². The van der Waals surface area contributed by atoms with E-state index < -0.39 is 12.1 Å². The molecule has 24 heavy (non-hydrogen) atoms. The summed E-state index contributed by atoms with van der Waals surface area (Å²) in [7, 11) is 0. The third kappa shape index (κ3) is 4.84. The molecule has 1 heterocycles. The molecule has 4 nitrogen and oxygen atoms in total. The predicted octanol–water partition coefficient (Wildman–Crippen LogP) is 2.63. The van der Waals surface area contributed by atoms with Gasteiger partial charge in [-0.2, -0.15) is 13.2 Å². The van der Waals surface area contributed by atoms with Gasteiger partial charge in [-0.1, -0.05) is 29.8 Å². The average molecular weight is 340 g/mol. The highest BCUT2D eigenvalue weighted by atomic mass is 19.4. The Morgan fingerprint density at radius 2 is 1.75 bits per heavy atom. The number of amides is 2. The first-order valence-corrected chi connectivity index (χ1v) is 7.67. The van der Waals surface area contributed by atoms with Crippen molar-refractivity contribution in [2.45, 2.75) is 19.5 Å². The van der Waals surface area contributed by atoms with E-state index in [-0.39, 0.29) is 25.5 Å². The van der Waals surface area contributed by atoms with E-state index in [2.05, 4.69) is 0 Å². The Balaban J connectivity index is 1.96. The van der Waals surface area contributed by atoms with E-state index in [9.17, 15) is 22.8 Å². The zero-order valence-corrected chi connectivity index (χ0v) is 13.3. The lowest BCUT2D eigenvalue weighted by molar-refractivity contribution is -0.185. The Bertz CT molecular complexity index is 641. The Labute approximate surface area is 138 Å². The van der Waals surface area contributed by atoms with E-state index in [1.54, 1.807) is 6.08 Å². The fourth-order valence-electron chi connectivity index (χ4n) is 2.57. The molecule has 0 N–H and O–H groups in total. The average Bonchev–Trinajstić information content (AvgIpc) is 2.77. The topological polar surface area (TPSA) is 40.6 Å². The number of rotatable bonds is 2. The van der Waals surface area contributed by atoms with Crippen LogP contribution in [0, 0.1) is 6.92 Å². The second kappa shape index (κ2) is 7.51. The number of hydrogen-bond donors (Lipinski definition) is 0. The van der Waals surface area contributed by atoms with E-state index in [0.29, 0.717) is 13.0 Å². The smallest absolute Gasteiger partial charge is 0.337 e. The molecule has 0 spiro atoms. The fourth-order valence-corrected chi connectivity index (χ4v) is 2.57. The molecule has 1 aliphatic rings. The van der Waals surface area contributed by atoms with Gasteiger partial charge in [0.2, 0.25) is 5.91 Å². The number of aryl methyl sites for hydroxylation is 1. The molecule has 0 aromatic heterocycles. The van der Waals surface area contributed by atoms with Crippen molar-refractivity contribution in [3.63, 3.8) is 0 Å². The summed E-state index contributed by atoms with van der Waals surface area (Å²) in [4.78, 5) is 25.7. The summed E-state index contributed by atoms with van der Waals surface area (Å²) in [5.74, 6) is -2.11. The Morgan fingerprint density at radius 3 is 2.42 bits per heavy atom. The lowest BCUT2D eigenvalue weighted by Crippen LogP contribution is -2.43. The van der Waals surface area contributed by atoms with Crippen molar-refractivity contribution in [2.75, 3.05) is 26.2 Å². The minimum Gasteiger partial charge on any atom is -0.337 e. The molecule has 0 unspecified atom stereocenters. The molecule has 1 fully saturated rings. The summed E-state index contributed by atoms with van der Waals surface area (Å²) in [5, 5.41) is 0. The van der Waals surface area contributed by atoms with Gasteiger partial charge in [0.1, 0.15) is 0 Å². The molecule has 1 aromatic rings. The summed E-state index contributed by atoms with van der Waals surface area (Å²) < 4.78 is 37.4. The molecular weight excluding hydrogens is 321 g/mol. The summed E-state index contributed by atoms with van der Waals surface area (Å²) in [6.45, 7) is 2.27. The molecule has 7 heteroatoms. The van der Waals surface area contributed by atoms with Crippen LogP contribution in [0.2, 0.25) is 0 Å². The van der Waals surface area contributed by atoms with Gasteiger partial charge in [0, 0.05) is 32.3 Å². The van der Waals surface area contributed by atoms with Gasteiger partial charge < -0.3 is 9.80 Å². The first kappa shape index (κ1) is 18.0. The number of carbonyl (C=O) groups excluding carboxylic acids is 2. The molecule has 1 saturated heterocycles. The van der Waals surface area contributed by atoms with Crippen molar-refractivity contribution in [2.24, 2.45) is 0 Å². The van der Waals surface area contributed by atoms with E-state index in [4.69, 9.17) is 0 Å². The predicted molar refractivity (Wildman–Crippen MR) is 84.0 cm³/mol. The van der Waals surface area contributed by atoms with Crippen LogP contribution in [-0.2, 0) is 9.59 Å². The molecule has 2 rings (SSSR count). The Hall–Kier alpha value is -2.31. The van der Waals surface area contributed by atoms with Crippen molar-refractivity contribution in [1.82, 2.24) is 9.80 Å². The quantitative estimate of drug-likeness (QED) is 0.777. The summed E-state index contributed by atoms with van der Waals surface area (Å²) in [6.07, 6.45) is -1.45. The van der Waals surface area contributed by atoms with E-state index in [0.717, 1.165) is 16.0 Å². The SMILES string of the molecule is Cc1cccc(/C=C/C(=O)N2CCCN(C(=O)C(F)(F)F)CC2)c1. The monoisotopic (exact) mass is 340 g/mol. The number of nitrogens with zero attached hydrogens (tertiary/aromatic N) is 2. The van der Waals surface area contributed by atoms with Gasteiger partial charge in [-0.25, -0.2) is 0 Å². The normalized spacial score (nSPS) is 16.3. The largest absolute Gasteiger partial charge is 0.471 e. The number of benzene rings is 1. The van der Waals surface area contributed by atoms with Gasteiger partial charge in [-0.05, 0) is 25.0 Å². The van der Waals surface area contributed by atoms with Gasteiger partial charge >= 0.3 is 12.1 Å². The maximum atomic E-state index is 12.5. The molecule has 0 bridgehead atoms. The second-order valence-electron chi connectivity index (χ2n) is 5.72. The van der Waals surface area contributed by atoms with Crippen molar-refractivity contribution >= 4 is 17.9 Å². The zero-order valence-electron chi connectivity index (χ0n) is 13.3. The van der Waals surface area contributed by atoms with Crippen LogP contribution >= 0.6 is 0 Å². The summed E-state index contributed by atoms with van der Waals surface area (Å²) >= 11 is 0. The number of alkyl halides is 3. The molecule has 1 aliphatic heterocycles. The minimum atomic E-state index is -4.87. The van der Waals surface area contributed by atoms with Gasteiger partial charge in [0.25, 0.3) is 0 Å². The summed E-state index contributed by atoms with van der Waals surface area (Å²) in [5.41, 5.74) is 1.95. The molecular formula is C17H19F3N2O2. The zero-order chi connectivity index (χ0) is 17.7. The van der Waals surface area contributed by atoms with E-state index in [1.807, 2.05) is 31.2 Å². The number of hydrogen-bond acceptors (Lipinski definition) is 2. The summed E-state index contributed by atoms with van der Waals surface area (Å²) in [6, 6.07) is 7.62. The first-order chi connectivity index (χ1) is 11.3. The maximum Gasteiger partial charge on any atom is 0.471 e. The maximum absolute atomic E-state index is 12.5. The van der Waals surface area contributed by atoms with Crippen LogP contribution in [0.4, 0.5) is 13.2 Å². The van der Waals surface area contributed by atoms with E-state index in [1.165, 1.54) is 11.0 Å². The van der Waals surface area contributed by atoms with Gasteiger partial charge in [0.15, 0.2) is 0 Å². The Morgan fingerprint density at radius 1 is 1.08 bits per heavy atom. The lowest BCUT2D eigenvalue weighted by Gasteiger charge is -2.22. The first-order valence-electron chi connectivity index (χ1n) is 7.67. The van der Waals surface area contributed by atoms with Crippen molar-refractivity contribution in [1.29, 1.82) is 0 Å². The van der Waals surface area contributed by atoms with Crippen LogP contribution in [-0.4, -0.2) is 54.0 Å². The molecule has 0 atom stereocenters. The minimum absolute atomic E-state index is 0.00369. The van der Waals surface area contributed by atoms with Crippen LogP contribution in [0.3, 0.4) is 0 Å². The third-order valence-corrected chi connectivity index (χ3v) is 3.80. The van der Waals surface area contributed by atoms with Gasteiger partial charge in [0.05, 0.1) is 0 Å². The van der Waals surface area contributed by atoms with Gasteiger partial charge in [-0.15, -0.1) is 0 Å². The molecule has 0 radical (unpaired) electrons. The molecule has 0 aliphatic carbocycles. The van der Waals surface area contributed by atoms with Gasteiger partial charge in [-0.3, -0.25) is 9.59 Å². The second-order valence-corrected chi connectivity index (χ2v) is 5.72. The fraction of sp³-hybridized carbons (Fsp3) is 0.412. The van der Waals surface area contributed by atoms with Crippen LogP contribution < -0.4 is 0 Å². The highest BCUT2D eigenvalue weighted by Crippen LogP contribution is 2.19. The van der Waals surface area contributed by atoms with Crippen LogP contribution in [0.25, 0.3) is 6.08 Å². The Kier molecular flexibility index (Phi) is 5.64. The van der Waals surface area contributed by atoms with Crippen molar-refractivity contribution < 1.29 is 22.8 Å². The molecule has 2 amide bonds. The van der Waals surface area contributed by atoms with Crippen LogP contribution in [0.15, 0.2) is 30.3 Å². The van der Waals surface area contributed by atoms with Crippen LogP contribution in [0.1, 0.15) is 17.5 Å². The number of halogens is 3. The van der Waals surface area contributed by atoms with Crippen LogP contribution in [0.5, 0.6) is 0 Å². The lowest BCUT2D eigenvalue weighted by atomic mass is 10.1. The third-order valence-electron chi connectivity index (χ3n) is 3.80. The van der Waals surface area contributed by atoms with E-state index >= 15 is 0 Å².